The van der Waals surface area contributed by atoms with Gasteiger partial charge in [-0.2, -0.15) is 0 Å². The molecule has 0 spiro atoms. The Bertz CT molecular complexity index is 455. The van der Waals surface area contributed by atoms with Gasteiger partial charge in [0, 0.05) is 31.5 Å². The van der Waals surface area contributed by atoms with Crippen molar-refractivity contribution in [2.24, 2.45) is 5.41 Å². The van der Waals surface area contributed by atoms with Crippen molar-refractivity contribution in [3.8, 4) is 0 Å². The summed E-state index contributed by atoms with van der Waals surface area (Å²) in [6.45, 7) is 7.86. The summed E-state index contributed by atoms with van der Waals surface area (Å²) in [4.78, 5) is 15.9. The molecule has 2 heterocycles. The van der Waals surface area contributed by atoms with E-state index in [1.54, 1.807) is 6.20 Å². The molecule has 0 aliphatic carbocycles. The molecule has 0 bridgehead atoms. The van der Waals surface area contributed by atoms with E-state index in [2.05, 4.69) is 27.9 Å². The van der Waals surface area contributed by atoms with E-state index in [1.807, 2.05) is 19.1 Å². The van der Waals surface area contributed by atoms with Gasteiger partial charge in [-0.3, -0.25) is 9.78 Å². The summed E-state index contributed by atoms with van der Waals surface area (Å²) in [5.74, 6) is -0.123. The minimum Gasteiger partial charge on any atom is -0.384 e. The molecule has 1 unspecified atom stereocenters. The summed E-state index contributed by atoms with van der Waals surface area (Å²) in [7, 11) is 0. The smallest absolute Gasteiger partial charge is 0.269 e. The second kappa shape index (κ2) is 6.70. The standard InChI is InChI=1S/C15H24N4O/c1-3-17-14(20)13-9-12(5-8-18-13)19-11-15(2)6-4-7-16-10-15/h5,8-9,16H,3-4,6-7,10-11H2,1-2H3,(H,17,20)(H,18,19). The molecule has 1 saturated heterocycles. The van der Waals surface area contributed by atoms with Gasteiger partial charge in [-0.1, -0.05) is 6.92 Å². The van der Waals surface area contributed by atoms with Gasteiger partial charge in [0.1, 0.15) is 5.69 Å². The van der Waals surface area contributed by atoms with Gasteiger partial charge in [0.05, 0.1) is 0 Å². The summed E-state index contributed by atoms with van der Waals surface area (Å²) in [6.07, 6.45) is 4.12. The van der Waals surface area contributed by atoms with Crippen molar-refractivity contribution in [3.63, 3.8) is 0 Å². The van der Waals surface area contributed by atoms with Crippen LogP contribution in [-0.2, 0) is 0 Å². The molecule has 0 aromatic carbocycles. The Kier molecular flexibility index (Phi) is 4.95. The van der Waals surface area contributed by atoms with Crippen LogP contribution in [0.3, 0.4) is 0 Å². The fraction of sp³-hybridized carbons (Fsp3) is 0.600. The molecule has 1 aliphatic rings. The van der Waals surface area contributed by atoms with Crippen molar-refractivity contribution in [1.29, 1.82) is 0 Å². The molecule has 1 amide bonds. The highest BCUT2D eigenvalue weighted by molar-refractivity contribution is 5.93. The minimum atomic E-state index is -0.123. The molecule has 1 atom stereocenters. The third kappa shape index (κ3) is 3.93. The highest BCUT2D eigenvalue weighted by atomic mass is 16.1. The second-order valence-corrected chi connectivity index (χ2v) is 5.73. The van der Waals surface area contributed by atoms with Crippen molar-refractivity contribution in [1.82, 2.24) is 15.6 Å². The third-order valence-electron chi connectivity index (χ3n) is 3.73. The molecular formula is C15H24N4O. The summed E-state index contributed by atoms with van der Waals surface area (Å²) >= 11 is 0. The predicted octanol–water partition coefficient (Wildman–Crippen LogP) is 1.63. The number of nitrogens with one attached hydrogen (secondary N) is 3. The normalized spacial score (nSPS) is 22.3. The fourth-order valence-corrected chi connectivity index (χ4v) is 2.50. The monoisotopic (exact) mass is 276 g/mol. The van der Waals surface area contributed by atoms with Crippen molar-refractivity contribution in [2.45, 2.75) is 26.7 Å². The molecule has 5 nitrogen and oxygen atoms in total. The number of carbonyl (C=O) groups is 1. The molecule has 2 rings (SSSR count). The molecule has 20 heavy (non-hydrogen) atoms. The van der Waals surface area contributed by atoms with Gasteiger partial charge < -0.3 is 16.0 Å². The number of nitrogens with zero attached hydrogens (tertiary/aromatic N) is 1. The van der Waals surface area contributed by atoms with Crippen LogP contribution in [-0.4, -0.2) is 37.1 Å². The average molecular weight is 276 g/mol. The Morgan fingerprint density at radius 1 is 1.55 bits per heavy atom. The summed E-state index contributed by atoms with van der Waals surface area (Å²) in [6, 6.07) is 3.72. The predicted molar refractivity (Wildman–Crippen MR) is 80.9 cm³/mol. The Morgan fingerprint density at radius 3 is 3.10 bits per heavy atom. The van der Waals surface area contributed by atoms with Crippen LogP contribution in [0.5, 0.6) is 0 Å². The lowest BCUT2D eigenvalue weighted by molar-refractivity contribution is 0.0951. The molecule has 1 fully saturated rings. The van der Waals surface area contributed by atoms with Gasteiger partial charge in [-0.05, 0) is 43.9 Å². The van der Waals surface area contributed by atoms with Crippen molar-refractivity contribution < 1.29 is 4.79 Å². The first kappa shape index (κ1) is 14.8. The quantitative estimate of drug-likeness (QED) is 0.765. The number of hydrogen-bond donors (Lipinski definition) is 3. The first-order valence-electron chi connectivity index (χ1n) is 7.32. The van der Waals surface area contributed by atoms with E-state index >= 15 is 0 Å². The van der Waals surface area contributed by atoms with Gasteiger partial charge in [-0.15, -0.1) is 0 Å². The van der Waals surface area contributed by atoms with Crippen molar-refractivity contribution in [3.05, 3.63) is 24.0 Å². The maximum atomic E-state index is 11.8. The van der Waals surface area contributed by atoms with Crippen LogP contribution in [0.4, 0.5) is 5.69 Å². The second-order valence-electron chi connectivity index (χ2n) is 5.73. The van der Waals surface area contributed by atoms with Gasteiger partial charge in [-0.25, -0.2) is 0 Å². The molecule has 110 valence electrons. The SMILES string of the molecule is CCNC(=O)c1cc(NCC2(C)CCCNC2)ccn1. The lowest BCUT2D eigenvalue weighted by atomic mass is 9.83. The van der Waals surface area contributed by atoms with E-state index < -0.39 is 0 Å². The third-order valence-corrected chi connectivity index (χ3v) is 3.73. The van der Waals surface area contributed by atoms with Crippen LogP contribution in [0.15, 0.2) is 18.3 Å². The molecule has 0 radical (unpaired) electrons. The van der Waals surface area contributed by atoms with Crippen LogP contribution in [0.1, 0.15) is 37.2 Å². The first-order valence-corrected chi connectivity index (χ1v) is 7.32. The zero-order valence-electron chi connectivity index (χ0n) is 12.3. The number of rotatable bonds is 5. The summed E-state index contributed by atoms with van der Waals surface area (Å²) < 4.78 is 0. The van der Waals surface area contributed by atoms with E-state index in [1.165, 1.54) is 12.8 Å². The number of piperidine rings is 1. The lowest BCUT2D eigenvalue weighted by Gasteiger charge is -2.34. The van der Waals surface area contributed by atoms with E-state index in [4.69, 9.17) is 0 Å². The topological polar surface area (TPSA) is 66.1 Å². The summed E-state index contributed by atoms with van der Waals surface area (Å²) in [5.41, 5.74) is 1.68. The molecule has 1 aromatic heterocycles. The van der Waals surface area contributed by atoms with E-state index in [-0.39, 0.29) is 11.3 Å². The first-order chi connectivity index (χ1) is 9.63. The number of anilines is 1. The highest BCUT2D eigenvalue weighted by Crippen LogP contribution is 2.25. The van der Waals surface area contributed by atoms with E-state index in [0.717, 1.165) is 25.3 Å². The molecule has 3 N–H and O–H groups in total. The Balaban J connectivity index is 1.95. The van der Waals surface area contributed by atoms with Gasteiger partial charge in [0.25, 0.3) is 5.91 Å². The molecule has 1 aliphatic heterocycles. The van der Waals surface area contributed by atoms with Crippen molar-refractivity contribution >= 4 is 11.6 Å². The number of carbonyl (C=O) groups excluding carboxylic acids is 1. The molecule has 5 heteroatoms. The maximum absolute atomic E-state index is 11.8. The van der Waals surface area contributed by atoms with Crippen LogP contribution in [0.25, 0.3) is 0 Å². The number of amides is 1. The minimum absolute atomic E-state index is 0.123. The zero-order chi connectivity index (χ0) is 14.4. The van der Waals surface area contributed by atoms with Gasteiger partial charge >= 0.3 is 0 Å². The van der Waals surface area contributed by atoms with Gasteiger partial charge in [0.2, 0.25) is 0 Å². The van der Waals surface area contributed by atoms with Crippen LogP contribution >= 0.6 is 0 Å². The fourth-order valence-electron chi connectivity index (χ4n) is 2.50. The Labute approximate surface area is 120 Å². The number of aromatic nitrogens is 1. The average Bonchev–Trinajstić information content (AvgIpc) is 2.47. The Morgan fingerprint density at radius 2 is 2.40 bits per heavy atom. The molecule has 0 saturated carbocycles. The van der Waals surface area contributed by atoms with Crippen LogP contribution in [0, 0.1) is 5.41 Å². The lowest BCUT2D eigenvalue weighted by Crippen LogP contribution is -2.42. The van der Waals surface area contributed by atoms with Crippen LogP contribution in [0.2, 0.25) is 0 Å². The van der Waals surface area contributed by atoms with E-state index in [9.17, 15) is 4.79 Å². The Hall–Kier alpha value is -1.62. The maximum Gasteiger partial charge on any atom is 0.269 e. The van der Waals surface area contributed by atoms with Crippen LogP contribution < -0.4 is 16.0 Å². The van der Waals surface area contributed by atoms with E-state index in [0.29, 0.717) is 12.2 Å². The molecular weight excluding hydrogens is 252 g/mol. The summed E-state index contributed by atoms with van der Waals surface area (Å²) in [5, 5.41) is 9.64. The highest BCUT2D eigenvalue weighted by Gasteiger charge is 2.26. The van der Waals surface area contributed by atoms with Crippen molar-refractivity contribution in [2.75, 3.05) is 31.5 Å². The zero-order valence-corrected chi connectivity index (χ0v) is 12.3. The molecule has 1 aromatic rings. The number of hydrogen-bond acceptors (Lipinski definition) is 4. The number of pyridine rings is 1. The largest absolute Gasteiger partial charge is 0.384 e. The van der Waals surface area contributed by atoms with Gasteiger partial charge in [0.15, 0.2) is 0 Å².